The lowest BCUT2D eigenvalue weighted by Crippen LogP contribution is -2.09. The number of anilines is 1. The molecule has 0 aliphatic rings. The van der Waals surface area contributed by atoms with Crippen LogP contribution in [-0.2, 0) is 0 Å². The number of rotatable bonds is 4. The van der Waals surface area contributed by atoms with Crippen LogP contribution in [0.5, 0.6) is 5.75 Å². The minimum Gasteiger partial charge on any atom is -0.496 e. The van der Waals surface area contributed by atoms with Crippen LogP contribution < -0.4 is 10.1 Å². The van der Waals surface area contributed by atoms with Crippen molar-refractivity contribution in [3.63, 3.8) is 0 Å². The van der Waals surface area contributed by atoms with Gasteiger partial charge in [-0.05, 0) is 45.6 Å². The quantitative estimate of drug-likeness (QED) is 0.684. The normalized spacial score (nSPS) is 10.5. The molecule has 0 aliphatic carbocycles. The highest BCUT2D eigenvalue weighted by Crippen LogP contribution is 2.32. The fourth-order valence-electron chi connectivity index (χ4n) is 1.86. The number of carbonyl (C=O) groups is 1. The molecular formula is C15H11BrN2O2S2. The Morgan fingerprint density at radius 3 is 2.86 bits per heavy atom. The molecule has 1 aromatic carbocycles. The van der Waals surface area contributed by atoms with Crippen LogP contribution in [0, 0.1) is 0 Å². The fourth-order valence-corrected chi connectivity index (χ4v) is 3.73. The Morgan fingerprint density at radius 2 is 2.18 bits per heavy atom. The predicted molar refractivity (Wildman–Crippen MR) is 94.1 cm³/mol. The molecule has 112 valence electrons. The Labute approximate surface area is 143 Å². The molecule has 0 saturated heterocycles. The number of methoxy groups -OCH3 is 1. The van der Waals surface area contributed by atoms with Crippen LogP contribution >= 0.6 is 38.6 Å². The lowest BCUT2D eigenvalue weighted by atomic mass is 10.2. The summed E-state index contributed by atoms with van der Waals surface area (Å²) in [5.74, 6) is 0.636. The molecule has 3 rings (SSSR count). The number of nitrogens with one attached hydrogen (secondary N) is 1. The Bertz CT molecular complexity index is 800. The van der Waals surface area contributed by atoms with Gasteiger partial charge in [0.05, 0.1) is 22.2 Å². The van der Waals surface area contributed by atoms with Crippen molar-refractivity contribution in [3.8, 4) is 17.0 Å². The van der Waals surface area contributed by atoms with Crippen molar-refractivity contribution in [2.75, 3.05) is 12.4 Å². The van der Waals surface area contributed by atoms with Gasteiger partial charge < -0.3 is 4.74 Å². The van der Waals surface area contributed by atoms with Crippen LogP contribution in [0.1, 0.15) is 9.67 Å². The van der Waals surface area contributed by atoms with Crippen LogP contribution in [0.3, 0.4) is 0 Å². The van der Waals surface area contributed by atoms with Gasteiger partial charge in [-0.15, -0.1) is 22.7 Å². The second-order valence-electron chi connectivity index (χ2n) is 4.32. The third-order valence-electron chi connectivity index (χ3n) is 2.92. The van der Waals surface area contributed by atoms with E-state index in [4.69, 9.17) is 4.74 Å². The standard InChI is InChI=1S/C15H11BrN2O2S2/c1-20-12-5-4-9(7-10(12)16)11-8-22-15(17-11)18-14(19)13-3-2-6-21-13/h2-8H,1H3,(H,17,18,19). The number of aromatic nitrogens is 1. The van der Waals surface area contributed by atoms with Gasteiger partial charge in [0.25, 0.3) is 5.91 Å². The number of carbonyl (C=O) groups excluding carboxylic acids is 1. The number of hydrogen-bond donors (Lipinski definition) is 1. The smallest absolute Gasteiger partial charge is 0.267 e. The molecule has 0 radical (unpaired) electrons. The van der Waals surface area contributed by atoms with Gasteiger partial charge in [-0.25, -0.2) is 4.98 Å². The molecule has 2 heterocycles. The highest BCUT2D eigenvalue weighted by molar-refractivity contribution is 9.10. The van der Waals surface area contributed by atoms with Crippen molar-refractivity contribution in [1.82, 2.24) is 4.98 Å². The Morgan fingerprint density at radius 1 is 1.32 bits per heavy atom. The van der Waals surface area contributed by atoms with Gasteiger partial charge in [-0.3, -0.25) is 10.1 Å². The maximum absolute atomic E-state index is 12.0. The minimum atomic E-state index is -0.133. The maximum atomic E-state index is 12.0. The number of hydrogen-bond acceptors (Lipinski definition) is 5. The number of amides is 1. The summed E-state index contributed by atoms with van der Waals surface area (Å²) in [6.07, 6.45) is 0. The maximum Gasteiger partial charge on any atom is 0.267 e. The van der Waals surface area contributed by atoms with E-state index < -0.39 is 0 Å². The molecule has 2 aromatic heterocycles. The molecule has 3 aromatic rings. The molecule has 1 amide bonds. The number of benzene rings is 1. The molecule has 0 spiro atoms. The SMILES string of the molecule is COc1ccc(-c2csc(NC(=O)c3cccs3)n2)cc1Br. The topological polar surface area (TPSA) is 51.2 Å². The van der Waals surface area contributed by atoms with Crippen molar-refractivity contribution in [3.05, 3.63) is 50.4 Å². The molecule has 7 heteroatoms. The molecule has 0 aliphatic heterocycles. The summed E-state index contributed by atoms with van der Waals surface area (Å²) in [5.41, 5.74) is 1.77. The van der Waals surface area contributed by atoms with E-state index in [-0.39, 0.29) is 5.91 Å². The van der Waals surface area contributed by atoms with E-state index in [0.717, 1.165) is 21.5 Å². The van der Waals surface area contributed by atoms with E-state index in [1.807, 2.05) is 35.0 Å². The lowest BCUT2D eigenvalue weighted by Gasteiger charge is -2.04. The number of ether oxygens (including phenoxy) is 1. The van der Waals surface area contributed by atoms with E-state index in [1.54, 1.807) is 13.2 Å². The fraction of sp³-hybridized carbons (Fsp3) is 0.0667. The van der Waals surface area contributed by atoms with E-state index in [0.29, 0.717) is 10.0 Å². The first-order chi connectivity index (χ1) is 10.7. The van der Waals surface area contributed by atoms with Gasteiger partial charge >= 0.3 is 0 Å². The average Bonchev–Trinajstić information content (AvgIpc) is 3.18. The molecule has 22 heavy (non-hydrogen) atoms. The van der Waals surface area contributed by atoms with E-state index in [1.165, 1.54) is 22.7 Å². The summed E-state index contributed by atoms with van der Waals surface area (Å²) in [6.45, 7) is 0. The Balaban J connectivity index is 1.79. The molecule has 0 atom stereocenters. The Hall–Kier alpha value is -1.70. The van der Waals surface area contributed by atoms with Crippen LogP contribution in [0.4, 0.5) is 5.13 Å². The van der Waals surface area contributed by atoms with Gasteiger partial charge in [0.1, 0.15) is 5.75 Å². The molecule has 0 fully saturated rings. The number of thiazole rings is 1. The third-order valence-corrected chi connectivity index (χ3v) is 5.16. The first-order valence-electron chi connectivity index (χ1n) is 6.31. The summed E-state index contributed by atoms with van der Waals surface area (Å²) < 4.78 is 6.08. The van der Waals surface area contributed by atoms with Crippen LogP contribution in [-0.4, -0.2) is 18.0 Å². The lowest BCUT2D eigenvalue weighted by molar-refractivity contribution is 0.103. The highest BCUT2D eigenvalue weighted by Gasteiger charge is 2.11. The highest BCUT2D eigenvalue weighted by atomic mass is 79.9. The van der Waals surface area contributed by atoms with Crippen molar-refractivity contribution >= 4 is 49.6 Å². The van der Waals surface area contributed by atoms with E-state index >= 15 is 0 Å². The summed E-state index contributed by atoms with van der Waals surface area (Å²) in [5, 5.41) is 7.18. The average molecular weight is 395 g/mol. The van der Waals surface area contributed by atoms with Crippen molar-refractivity contribution in [2.45, 2.75) is 0 Å². The second kappa shape index (κ2) is 6.60. The van der Waals surface area contributed by atoms with Gasteiger partial charge in [-0.2, -0.15) is 0 Å². The zero-order chi connectivity index (χ0) is 15.5. The van der Waals surface area contributed by atoms with Gasteiger partial charge in [-0.1, -0.05) is 6.07 Å². The van der Waals surface area contributed by atoms with Crippen molar-refractivity contribution in [2.24, 2.45) is 0 Å². The van der Waals surface area contributed by atoms with Crippen LogP contribution in [0.25, 0.3) is 11.3 Å². The molecular weight excluding hydrogens is 384 g/mol. The summed E-state index contributed by atoms with van der Waals surface area (Å²) in [4.78, 5) is 17.1. The molecule has 0 saturated carbocycles. The monoisotopic (exact) mass is 394 g/mol. The number of nitrogens with zero attached hydrogens (tertiary/aromatic N) is 1. The van der Waals surface area contributed by atoms with Gasteiger partial charge in [0.15, 0.2) is 5.13 Å². The van der Waals surface area contributed by atoms with Crippen LogP contribution in [0.15, 0.2) is 45.6 Å². The van der Waals surface area contributed by atoms with Gasteiger partial charge in [0.2, 0.25) is 0 Å². The first kappa shape index (κ1) is 15.2. The Kier molecular flexibility index (Phi) is 4.56. The van der Waals surface area contributed by atoms with E-state index in [9.17, 15) is 4.79 Å². The molecule has 0 unspecified atom stereocenters. The first-order valence-corrected chi connectivity index (χ1v) is 8.87. The zero-order valence-electron chi connectivity index (χ0n) is 11.5. The zero-order valence-corrected chi connectivity index (χ0v) is 14.7. The third kappa shape index (κ3) is 3.21. The number of thiophene rings is 1. The molecule has 1 N–H and O–H groups in total. The second-order valence-corrected chi connectivity index (χ2v) is 6.98. The summed E-state index contributed by atoms with van der Waals surface area (Å²) in [6, 6.07) is 9.39. The predicted octanol–water partition coefficient (Wildman–Crippen LogP) is 4.90. The van der Waals surface area contributed by atoms with E-state index in [2.05, 4.69) is 26.2 Å². The summed E-state index contributed by atoms with van der Waals surface area (Å²) >= 11 is 6.27. The summed E-state index contributed by atoms with van der Waals surface area (Å²) in [7, 11) is 1.63. The minimum absolute atomic E-state index is 0.133. The van der Waals surface area contributed by atoms with Crippen molar-refractivity contribution < 1.29 is 9.53 Å². The number of halogens is 1. The molecule has 0 bridgehead atoms. The van der Waals surface area contributed by atoms with Crippen molar-refractivity contribution in [1.29, 1.82) is 0 Å². The van der Waals surface area contributed by atoms with Gasteiger partial charge in [0, 0.05) is 10.9 Å². The molecule has 4 nitrogen and oxygen atoms in total. The van der Waals surface area contributed by atoms with Crippen LogP contribution in [0.2, 0.25) is 0 Å². The largest absolute Gasteiger partial charge is 0.496 e.